The molecule has 0 aliphatic heterocycles. The standard InChI is InChI=1S/C13H21NS/c1-3-10-15-11-6-4-5-8-14-9-7-13(2)12-14/h6-7,9,11-12H,3-5,8,10H2,1-2H3/b11-6-. The summed E-state index contributed by atoms with van der Waals surface area (Å²) in [7, 11) is 0. The van der Waals surface area contributed by atoms with Gasteiger partial charge in [-0.05, 0) is 49.0 Å². The maximum atomic E-state index is 2.29. The molecule has 0 bridgehead atoms. The van der Waals surface area contributed by atoms with Crippen molar-refractivity contribution in [3.05, 3.63) is 35.5 Å². The summed E-state index contributed by atoms with van der Waals surface area (Å²) in [5.74, 6) is 1.24. The Bertz CT molecular complexity index is 288. The highest BCUT2D eigenvalue weighted by Gasteiger charge is 1.90. The van der Waals surface area contributed by atoms with Crippen LogP contribution in [0.3, 0.4) is 0 Å². The van der Waals surface area contributed by atoms with Crippen molar-refractivity contribution in [2.45, 2.75) is 39.7 Å². The number of rotatable bonds is 7. The fourth-order valence-electron chi connectivity index (χ4n) is 1.41. The molecule has 0 saturated heterocycles. The Balaban J connectivity index is 2.04. The van der Waals surface area contributed by atoms with Gasteiger partial charge in [-0.3, -0.25) is 0 Å². The lowest BCUT2D eigenvalue weighted by Gasteiger charge is -1.99. The summed E-state index contributed by atoms with van der Waals surface area (Å²) < 4.78 is 2.27. The van der Waals surface area contributed by atoms with Crippen molar-refractivity contribution in [1.29, 1.82) is 0 Å². The number of hydrogen-bond donors (Lipinski definition) is 0. The van der Waals surface area contributed by atoms with Gasteiger partial charge in [-0.1, -0.05) is 13.0 Å². The zero-order valence-electron chi connectivity index (χ0n) is 9.78. The van der Waals surface area contributed by atoms with Crippen molar-refractivity contribution in [3.63, 3.8) is 0 Å². The summed E-state index contributed by atoms with van der Waals surface area (Å²) in [6.07, 6.45) is 10.3. The number of allylic oxidation sites excluding steroid dienone is 1. The van der Waals surface area contributed by atoms with Gasteiger partial charge in [0.1, 0.15) is 0 Å². The molecule has 1 rings (SSSR count). The Morgan fingerprint density at radius 3 is 3.00 bits per heavy atom. The summed E-state index contributed by atoms with van der Waals surface area (Å²) in [5, 5.41) is 2.24. The molecule has 0 aliphatic carbocycles. The summed E-state index contributed by atoms with van der Waals surface area (Å²) in [5.41, 5.74) is 1.35. The van der Waals surface area contributed by atoms with E-state index >= 15 is 0 Å². The average Bonchev–Trinajstić information content (AvgIpc) is 2.63. The van der Waals surface area contributed by atoms with Crippen molar-refractivity contribution in [1.82, 2.24) is 4.57 Å². The topological polar surface area (TPSA) is 4.93 Å². The Hall–Kier alpha value is -0.630. The fourth-order valence-corrected chi connectivity index (χ4v) is 2.06. The highest BCUT2D eigenvalue weighted by molar-refractivity contribution is 8.02. The first-order chi connectivity index (χ1) is 7.33. The molecule has 0 fully saturated rings. The van der Waals surface area contributed by atoms with Gasteiger partial charge in [-0.25, -0.2) is 0 Å². The minimum Gasteiger partial charge on any atom is -0.354 e. The first-order valence-corrected chi connectivity index (χ1v) is 6.77. The van der Waals surface area contributed by atoms with Crippen molar-refractivity contribution >= 4 is 11.8 Å². The van der Waals surface area contributed by atoms with Crippen molar-refractivity contribution < 1.29 is 0 Å². The van der Waals surface area contributed by atoms with Crippen LogP contribution in [0.15, 0.2) is 29.9 Å². The molecule has 0 aliphatic rings. The number of aryl methyl sites for hydroxylation is 2. The molecule has 0 saturated carbocycles. The smallest absolute Gasteiger partial charge is 0.0222 e. The molecule has 0 atom stereocenters. The van der Waals surface area contributed by atoms with E-state index in [9.17, 15) is 0 Å². The van der Waals surface area contributed by atoms with Crippen LogP contribution < -0.4 is 0 Å². The molecule has 0 amide bonds. The van der Waals surface area contributed by atoms with Gasteiger partial charge in [0.25, 0.3) is 0 Å². The van der Waals surface area contributed by atoms with Gasteiger partial charge in [0, 0.05) is 18.9 Å². The molecule has 0 N–H and O–H groups in total. The summed E-state index contributed by atoms with van der Waals surface area (Å²) in [6.45, 7) is 5.49. The molecular formula is C13H21NS. The van der Waals surface area contributed by atoms with Crippen molar-refractivity contribution in [3.8, 4) is 0 Å². The van der Waals surface area contributed by atoms with Gasteiger partial charge in [0.05, 0.1) is 0 Å². The lowest BCUT2D eigenvalue weighted by molar-refractivity contribution is 0.653. The van der Waals surface area contributed by atoms with E-state index in [0.717, 1.165) is 6.54 Å². The molecule has 0 radical (unpaired) electrons. The second-order valence-electron chi connectivity index (χ2n) is 3.81. The average molecular weight is 223 g/mol. The second-order valence-corrected chi connectivity index (χ2v) is 4.83. The van der Waals surface area contributed by atoms with Gasteiger partial charge >= 0.3 is 0 Å². The molecule has 2 heteroatoms. The Morgan fingerprint density at radius 1 is 1.47 bits per heavy atom. The van der Waals surface area contributed by atoms with Crippen LogP contribution in [0.2, 0.25) is 0 Å². The highest BCUT2D eigenvalue weighted by Crippen LogP contribution is 2.06. The van der Waals surface area contributed by atoms with Gasteiger partial charge in [0.15, 0.2) is 0 Å². The zero-order chi connectivity index (χ0) is 10.9. The van der Waals surface area contributed by atoms with Crippen LogP contribution in [0.1, 0.15) is 31.7 Å². The molecule has 1 aromatic rings. The van der Waals surface area contributed by atoms with Crippen LogP contribution in [0.25, 0.3) is 0 Å². The molecule has 1 heterocycles. The lowest BCUT2D eigenvalue weighted by atomic mass is 10.3. The minimum atomic E-state index is 1.14. The van der Waals surface area contributed by atoms with Gasteiger partial charge in [-0.2, -0.15) is 0 Å². The quantitative estimate of drug-likeness (QED) is 0.626. The SMILES string of the molecule is CCCS/C=C\CCCn1ccc(C)c1. The first-order valence-electron chi connectivity index (χ1n) is 5.72. The summed E-state index contributed by atoms with van der Waals surface area (Å²) in [4.78, 5) is 0. The van der Waals surface area contributed by atoms with E-state index < -0.39 is 0 Å². The normalized spacial score (nSPS) is 11.3. The van der Waals surface area contributed by atoms with E-state index in [4.69, 9.17) is 0 Å². The number of thioether (sulfide) groups is 1. The summed E-state index contributed by atoms with van der Waals surface area (Å²) >= 11 is 1.92. The largest absolute Gasteiger partial charge is 0.354 e. The third kappa shape index (κ3) is 5.73. The number of nitrogens with zero attached hydrogens (tertiary/aromatic N) is 1. The molecule has 15 heavy (non-hydrogen) atoms. The van der Waals surface area contributed by atoms with Crippen LogP contribution in [-0.2, 0) is 6.54 Å². The van der Waals surface area contributed by atoms with Crippen LogP contribution in [0.4, 0.5) is 0 Å². The van der Waals surface area contributed by atoms with E-state index in [0.29, 0.717) is 0 Å². The van der Waals surface area contributed by atoms with Gasteiger partial charge in [0.2, 0.25) is 0 Å². The van der Waals surface area contributed by atoms with E-state index in [-0.39, 0.29) is 0 Å². The Labute approximate surface area is 97.6 Å². The molecule has 1 nitrogen and oxygen atoms in total. The monoisotopic (exact) mass is 223 g/mol. The number of aromatic nitrogens is 1. The first kappa shape index (κ1) is 12.4. The fraction of sp³-hybridized carbons (Fsp3) is 0.538. The second kappa shape index (κ2) is 7.63. The molecule has 84 valence electrons. The minimum absolute atomic E-state index is 1.14. The van der Waals surface area contributed by atoms with Crippen LogP contribution in [0.5, 0.6) is 0 Å². The van der Waals surface area contributed by atoms with Crippen LogP contribution in [-0.4, -0.2) is 10.3 Å². The van der Waals surface area contributed by atoms with Crippen molar-refractivity contribution in [2.75, 3.05) is 5.75 Å². The Morgan fingerprint density at radius 2 is 2.33 bits per heavy atom. The van der Waals surface area contributed by atoms with Crippen LogP contribution >= 0.6 is 11.8 Å². The van der Waals surface area contributed by atoms with E-state index in [2.05, 4.69) is 48.4 Å². The maximum Gasteiger partial charge on any atom is 0.0222 e. The molecular weight excluding hydrogens is 202 g/mol. The van der Waals surface area contributed by atoms with Gasteiger partial charge in [-0.15, -0.1) is 11.8 Å². The van der Waals surface area contributed by atoms with E-state index in [1.165, 1.54) is 30.6 Å². The highest BCUT2D eigenvalue weighted by atomic mass is 32.2. The lowest BCUT2D eigenvalue weighted by Crippen LogP contribution is -1.92. The molecule has 1 aromatic heterocycles. The maximum absolute atomic E-state index is 2.29. The molecule has 0 spiro atoms. The van der Waals surface area contributed by atoms with E-state index in [1.807, 2.05) is 11.8 Å². The number of unbranched alkanes of at least 4 members (excludes halogenated alkanes) is 1. The molecule has 0 unspecified atom stereocenters. The molecule has 0 aromatic carbocycles. The predicted molar refractivity (Wildman–Crippen MR) is 70.3 cm³/mol. The predicted octanol–water partition coefficient (Wildman–Crippen LogP) is 4.23. The third-order valence-electron chi connectivity index (χ3n) is 2.20. The summed E-state index contributed by atoms with van der Waals surface area (Å²) in [6, 6.07) is 2.16. The third-order valence-corrected chi connectivity index (χ3v) is 3.23. The van der Waals surface area contributed by atoms with Crippen molar-refractivity contribution in [2.24, 2.45) is 0 Å². The Kier molecular flexibility index (Phi) is 6.33. The number of hydrogen-bond acceptors (Lipinski definition) is 1. The van der Waals surface area contributed by atoms with E-state index in [1.54, 1.807) is 0 Å². The van der Waals surface area contributed by atoms with Gasteiger partial charge < -0.3 is 4.57 Å². The zero-order valence-corrected chi connectivity index (χ0v) is 10.6. The van der Waals surface area contributed by atoms with Crippen LogP contribution in [0, 0.1) is 6.92 Å².